The summed E-state index contributed by atoms with van der Waals surface area (Å²) < 4.78 is 2.36. The van der Waals surface area contributed by atoms with Crippen molar-refractivity contribution in [3.63, 3.8) is 0 Å². The van der Waals surface area contributed by atoms with Gasteiger partial charge < -0.3 is 9.88 Å². The molecule has 0 fully saturated rings. The van der Waals surface area contributed by atoms with Crippen LogP contribution in [-0.2, 0) is 19.4 Å². The zero-order valence-corrected chi connectivity index (χ0v) is 7.01. The maximum absolute atomic E-state index is 3.39. The molecule has 0 saturated carbocycles. The first-order chi connectivity index (χ1) is 5.95. The molecule has 0 aromatic carbocycles. The van der Waals surface area contributed by atoms with Crippen molar-refractivity contribution in [2.45, 2.75) is 19.4 Å². The van der Waals surface area contributed by atoms with Gasteiger partial charge in [-0.15, -0.1) is 0 Å². The summed E-state index contributed by atoms with van der Waals surface area (Å²) in [6, 6.07) is 2.33. The summed E-state index contributed by atoms with van der Waals surface area (Å²) in [5.41, 5.74) is 4.49. The molecule has 1 N–H and O–H groups in total. The van der Waals surface area contributed by atoms with Crippen LogP contribution < -0.4 is 5.32 Å². The molecule has 1 aromatic heterocycles. The molecule has 0 unspecified atom stereocenters. The van der Waals surface area contributed by atoms with Crippen LogP contribution >= 0.6 is 0 Å². The summed E-state index contributed by atoms with van der Waals surface area (Å²) in [4.78, 5) is 0. The fourth-order valence-electron chi connectivity index (χ4n) is 2.17. The molecule has 0 aliphatic carbocycles. The average molecular weight is 160 g/mol. The van der Waals surface area contributed by atoms with Gasteiger partial charge in [-0.2, -0.15) is 0 Å². The second-order valence-corrected chi connectivity index (χ2v) is 3.49. The highest BCUT2D eigenvalue weighted by atomic mass is 15.0. The van der Waals surface area contributed by atoms with Crippen LogP contribution in [0, 0.1) is 0 Å². The number of nitrogens with zero attached hydrogens (tertiary/aromatic N) is 1. The number of nitrogens with one attached hydrogen (secondary N) is 1. The second-order valence-electron chi connectivity index (χ2n) is 3.49. The van der Waals surface area contributed by atoms with Crippen molar-refractivity contribution in [3.8, 4) is 0 Å². The highest BCUT2D eigenvalue weighted by Gasteiger charge is 2.17. The molecule has 2 aliphatic heterocycles. The van der Waals surface area contributed by atoms with Crippen molar-refractivity contribution < 1.29 is 0 Å². The van der Waals surface area contributed by atoms with E-state index < -0.39 is 0 Å². The van der Waals surface area contributed by atoms with E-state index in [0.717, 1.165) is 19.5 Å². The second kappa shape index (κ2) is 2.23. The summed E-state index contributed by atoms with van der Waals surface area (Å²) in [5.74, 6) is 0. The SMILES string of the molecule is C1=Cn2c(cc3c2CCNC3)C1. The van der Waals surface area contributed by atoms with E-state index in [9.17, 15) is 0 Å². The van der Waals surface area contributed by atoms with Crippen LogP contribution in [0.5, 0.6) is 0 Å². The molecule has 2 aliphatic rings. The van der Waals surface area contributed by atoms with Gasteiger partial charge in [-0.3, -0.25) is 0 Å². The zero-order chi connectivity index (χ0) is 7.97. The van der Waals surface area contributed by atoms with Crippen LogP contribution in [0.3, 0.4) is 0 Å². The maximum atomic E-state index is 3.39. The lowest BCUT2D eigenvalue weighted by Gasteiger charge is -2.14. The van der Waals surface area contributed by atoms with Crippen molar-refractivity contribution in [1.29, 1.82) is 0 Å². The first-order valence-corrected chi connectivity index (χ1v) is 4.54. The lowest BCUT2D eigenvalue weighted by Crippen LogP contribution is -2.23. The van der Waals surface area contributed by atoms with E-state index in [1.54, 1.807) is 0 Å². The molecule has 0 saturated heterocycles. The number of fused-ring (bicyclic) bond motifs is 3. The number of hydrogen-bond acceptors (Lipinski definition) is 1. The molecular weight excluding hydrogens is 148 g/mol. The Kier molecular flexibility index (Phi) is 1.21. The molecule has 12 heavy (non-hydrogen) atoms. The largest absolute Gasteiger partial charge is 0.324 e. The van der Waals surface area contributed by atoms with Crippen molar-refractivity contribution in [2.75, 3.05) is 6.54 Å². The fraction of sp³-hybridized carbons (Fsp3) is 0.400. The number of aromatic nitrogens is 1. The van der Waals surface area contributed by atoms with Crippen molar-refractivity contribution in [2.24, 2.45) is 0 Å². The van der Waals surface area contributed by atoms with E-state index in [1.807, 2.05) is 0 Å². The first kappa shape index (κ1) is 6.49. The number of hydrogen-bond donors (Lipinski definition) is 1. The molecule has 3 heterocycles. The lowest BCUT2D eigenvalue weighted by atomic mass is 10.1. The van der Waals surface area contributed by atoms with Crippen LogP contribution in [0.2, 0.25) is 0 Å². The molecule has 0 bridgehead atoms. The summed E-state index contributed by atoms with van der Waals surface area (Å²) in [6.07, 6.45) is 6.74. The predicted octanol–water partition coefficient (Wildman–Crippen LogP) is 1.16. The summed E-state index contributed by atoms with van der Waals surface area (Å²) >= 11 is 0. The van der Waals surface area contributed by atoms with E-state index in [1.165, 1.54) is 23.4 Å². The van der Waals surface area contributed by atoms with E-state index in [0.29, 0.717) is 0 Å². The van der Waals surface area contributed by atoms with Gasteiger partial charge in [-0.05, 0) is 11.6 Å². The van der Waals surface area contributed by atoms with Gasteiger partial charge >= 0.3 is 0 Å². The minimum absolute atomic E-state index is 1.06. The predicted molar refractivity (Wildman–Crippen MR) is 48.9 cm³/mol. The smallest absolute Gasteiger partial charge is 0.0281 e. The molecule has 62 valence electrons. The Balaban J connectivity index is 2.20. The van der Waals surface area contributed by atoms with Gasteiger partial charge in [-0.25, -0.2) is 0 Å². The lowest BCUT2D eigenvalue weighted by molar-refractivity contribution is 0.631. The van der Waals surface area contributed by atoms with Gasteiger partial charge in [-0.1, -0.05) is 6.08 Å². The van der Waals surface area contributed by atoms with E-state index in [-0.39, 0.29) is 0 Å². The minimum atomic E-state index is 1.06. The van der Waals surface area contributed by atoms with Gasteiger partial charge in [0.25, 0.3) is 0 Å². The molecule has 0 spiro atoms. The molecular formula is C10H12N2. The highest BCUT2D eigenvalue weighted by Crippen LogP contribution is 2.23. The molecule has 3 rings (SSSR count). The Labute approximate surface area is 71.9 Å². The van der Waals surface area contributed by atoms with Gasteiger partial charge in [0.15, 0.2) is 0 Å². The maximum Gasteiger partial charge on any atom is 0.0281 e. The van der Waals surface area contributed by atoms with Crippen LogP contribution in [0.1, 0.15) is 17.0 Å². The normalized spacial score (nSPS) is 19.3. The van der Waals surface area contributed by atoms with Crippen LogP contribution in [0.4, 0.5) is 0 Å². The minimum Gasteiger partial charge on any atom is -0.324 e. The molecule has 2 heteroatoms. The van der Waals surface area contributed by atoms with Crippen LogP contribution in [0.25, 0.3) is 6.20 Å². The zero-order valence-electron chi connectivity index (χ0n) is 7.01. The molecule has 0 atom stereocenters. The molecule has 0 amide bonds. The Hall–Kier alpha value is -1.02. The summed E-state index contributed by atoms with van der Waals surface area (Å²) in [7, 11) is 0. The Morgan fingerprint density at radius 3 is 3.42 bits per heavy atom. The Morgan fingerprint density at radius 1 is 1.42 bits per heavy atom. The Bertz CT molecular complexity index is 347. The van der Waals surface area contributed by atoms with Gasteiger partial charge in [0.2, 0.25) is 0 Å². The first-order valence-electron chi connectivity index (χ1n) is 4.54. The molecule has 2 nitrogen and oxygen atoms in total. The molecule has 0 radical (unpaired) electrons. The third kappa shape index (κ3) is 0.730. The average Bonchev–Trinajstić information content (AvgIpc) is 2.62. The monoisotopic (exact) mass is 160 g/mol. The topological polar surface area (TPSA) is 17.0 Å². The van der Waals surface area contributed by atoms with Crippen molar-refractivity contribution >= 4 is 6.20 Å². The highest BCUT2D eigenvalue weighted by molar-refractivity contribution is 5.45. The van der Waals surface area contributed by atoms with Crippen molar-refractivity contribution in [3.05, 3.63) is 29.1 Å². The third-order valence-electron chi connectivity index (χ3n) is 2.75. The van der Waals surface area contributed by atoms with Crippen molar-refractivity contribution in [1.82, 2.24) is 9.88 Å². The quantitative estimate of drug-likeness (QED) is 0.602. The van der Waals surface area contributed by atoms with Gasteiger partial charge in [0.05, 0.1) is 0 Å². The van der Waals surface area contributed by atoms with E-state index >= 15 is 0 Å². The summed E-state index contributed by atoms with van der Waals surface area (Å²) in [5, 5.41) is 3.39. The Morgan fingerprint density at radius 2 is 2.42 bits per heavy atom. The molecule has 1 aromatic rings. The van der Waals surface area contributed by atoms with E-state index in [2.05, 4.69) is 28.2 Å². The summed E-state index contributed by atoms with van der Waals surface area (Å²) in [6.45, 7) is 2.19. The van der Waals surface area contributed by atoms with E-state index in [4.69, 9.17) is 0 Å². The van der Waals surface area contributed by atoms with Gasteiger partial charge in [0, 0.05) is 43.5 Å². The number of allylic oxidation sites excluding steroid dienone is 1. The standard InChI is InChI=1S/C10H12N2/c1-2-9-6-8-7-11-4-3-10(8)12(9)5-1/h1,5-6,11H,2-4,7H2. The van der Waals surface area contributed by atoms with Crippen LogP contribution in [-0.4, -0.2) is 11.1 Å². The number of rotatable bonds is 0. The van der Waals surface area contributed by atoms with Gasteiger partial charge in [0.1, 0.15) is 0 Å². The fourth-order valence-corrected chi connectivity index (χ4v) is 2.17. The van der Waals surface area contributed by atoms with Crippen LogP contribution in [0.15, 0.2) is 12.1 Å². The third-order valence-corrected chi connectivity index (χ3v) is 2.75.